The van der Waals surface area contributed by atoms with E-state index in [1.807, 2.05) is 6.92 Å². The van der Waals surface area contributed by atoms with Gasteiger partial charge in [-0.1, -0.05) is 11.6 Å². The first-order valence-electron chi connectivity index (χ1n) is 5.79. The Bertz CT molecular complexity index is 523. The van der Waals surface area contributed by atoms with Gasteiger partial charge in [-0.05, 0) is 19.8 Å². The minimum atomic E-state index is -3.61. The Morgan fingerprint density at radius 2 is 2.22 bits per heavy atom. The van der Waals surface area contributed by atoms with Gasteiger partial charge in [0.15, 0.2) is 5.03 Å². The van der Waals surface area contributed by atoms with Gasteiger partial charge in [-0.2, -0.15) is 9.40 Å². The molecule has 1 aliphatic rings. The fraction of sp³-hybridized carbons (Fsp3) is 0.700. The summed E-state index contributed by atoms with van der Waals surface area (Å²) >= 11 is 5.91. The number of nitrogens with two attached hydrogens (primary N) is 1. The molecule has 1 aliphatic heterocycles. The van der Waals surface area contributed by atoms with Crippen LogP contribution >= 0.6 is 11.6 Å². The average Bonchev–Trinajstić information content (AvgIpc) is 2.58. The van der Waals surface area contributed by atoms with E-state index in [2.05, 4.69) is 5.10 Å². The van der Waals surface area contributed by atoms with Crippen molar-refractivity contribution in [2.24, 2.45) is 12.8 Å². The largest absolute Gasteiger partial charge is 0.328 e. The summed E-state index contributed by atoms with van der Waals surface area (Å²) in [5.74, 6) is 0. The number of nitrogens with zero attached hydrogens (tertiary/aromatic N) is 3. The maximum absolute atomic E-state index is 12.5. The monoisotopic (exact) mass is 292 g/mol. The summed E-state index contributed by atoms with van der Waals surface area (Å²) in [6.45, 7) is 2.28. The Hall–Kier alpha value is -0.630. The molecule has 102 valence electrons. The van der Waals surface area contributed by atoms with Gasteiger partial charge in [0.25, 0.3) is 10.0 Å². The van der Waals surface area contributed by atoms with Crippen molar-refractivity contribution in [2.75, 3.05) is 6.54 Å². The Labute approximate surface area is 112 Å². The summed E-state index contributed by atoms with van der Waals surface area (Å²) in [6.07, 6.45) is 2.67. The molecule has 6 nitrogen and oxygen atoms in total. The summed E-state index contributed by atoms with van der Waals surface area (Å²) in [4.78, 5) is 0. The summed E-state index contributed by atoms with van der Waals surface area (Å²) in [7, 11) is -2.04. The molecule has 1 fully saturated rings. The van der Waals surface area contributed by atoms with Crippen LogP contribution in [0.3, 0.4) is 0 Å². The molecule has 1 aromatic rings. The lowest BCUT2D eigenvalue weighted by atomic mass is 10.0. The molecule has 1 aromatic heterocycles. The number of hydrogen-bond donors (Lipinski definition) is 1. The van der Waals surface area contributed by atoms with Gasteiger partial charge in [0, 0.05) is 25.7 Å². The fourth-order valence-corrected chi connectivity index (χ4v) is 4.61. The zero-order valence-electron chi connectivity index (χ0n) is 10.4. The van der Waals surface area contributed by atoms with E-state index in [0.717, 1.165) is 0 Å². The van der Waals surface area contributed by atoms with Crippen LogP contribution < -0.4 is 5.73 Å². The Kier molecular flexibility index (Phi) is 3.68. The molecule has 2 heterocycles. The minimum absolute atomic E-state index is 0.0477. The summed E-state index contributed by atoms with van der Waals surface area (Å²) in [5.41, 5.74) is 5.84. The van der Waals surface area contributed by atoms with Crippen LogP contribution in [0.1, 0.15) is 19.8 Å². The van der Waals surface area contributed by atoms with E-state index < -0.39 is 10.0 Å². The molecule has 0 amide bonds. The van der Waals surface area contributed by atoms with Crippen molar-refractivity contribution in [3.63, 3.8) is 0 Å². The van der Waals surface area contributed by atoms with Gasteiger partial charge in [0.2, 0.25) is 0 Å². The number of hydrogen-bond acceptors (Lipinski definition) is 4. The van der Waals surface area contributed by atoms with Crippen LogP contribution in [-0.4, -0.2) is 41.1 Å². The lowest BCUT2D eigenvalue weighted by molar-refractivity contribution is 0.246. The second-order valence-corrected chi connectivity index (χ2v) is 6.88. The highest BCUT2D eigenvalue weighted by Crippen LogP contribution is 2.28. The first-order valence-corrected chi connectivity index (χ1v) is 7.60. The third kappa shape index (κ3) is 2.27. The number of aromatic nitrogens is 2. The molecule has 0 saturated carbocycles. The molecule has 0 radical (unpaired) electrons. The third-order valence-corrected chi connectivity index (χ3v) is 5.77. The first kappa shape index (κ1) is 13.8. The Morgan fingerprint density at radius 1 is 1.56 bits per heavy atom. The zero-order valence-corrected chi connectivity index (χ0v) is 11.9. The minimum Gasteiger partial charge on any atom is -0.328 e. The van der Waals surface area contributed by atoms with Gasteiger partial charge in [-0.25, -0.2) is 8.42 Å². The second-order valence-electron chi connectivity index (χ2n) is 4.67. The summed E-state index contributed by atoms with van der Waals surface area (Å²) in [6, 6.07) is -0.0572. The topological polar surface area (TPSA) is 81.2 Å². The molecule has 0 aromatic carbocycles. The van der Waals surface area contributed by atoms with E-state index in [-0.39, 0.29) is 22.1 Å². The predicted octanol–water partition coefficient (Wildman–Crippen LogP) is 0.574. The first-order chi connectivity index (χ1) is 8.34. The summed E-state index contributed by atoms with van der Waals surface area (Å²) < 4.78 is 27.8. The van der Waals surface area contributed by atoms with Crippen molar-refractivity contribution in [1.82, 2.24) is 14.1 Å². The quantitative estimate of drug-likeness (QED) is 0.864. The Morgan fingerprint density at radius 3 is 2.72 bits per heavy atom. The maximum Gasteiger partial charge on any atom is 0.261 e. The third-order valence-electron chi connectivity index (χ3n) is 3.25. The van der Waals surface area contributed by atoms with Crippen LogP contribution in [0.25, 0.3) is 0 Å². The molecule has 2 atom stereocenters. The van der Waals surface area contributed by atoms with Gasteiger partial charge in [0.1, 0.15) is 0 Å². The van der Waals surface area contributed by atoms with E-state index in [0.29, 0.717) is 19.4 Å². The van der Waals surface area contributed by atoms with E-state index in [1.165, 1.54) is 15.2 Å². The number of piperidine rings is 1. The normalized spacial score (nSPS) is 26.4. The lowest BCUT2D eigenvalue weighted by Gasteiger charge is -2.35. The van der Waals surface area contributed by atoms with Crippen LogP contribution in [0.15, 0.2) is 11.2 Å². The molecule has 2 N–H and O–H groups in total. The van der Waals surface area contributed by atoms with Crippen LogP contribution in [0, 0.1) is 0 Å². The van der Waals surface area contributed by atoms with Crippen LogP contribution in [-0.2, 0) is 17.1 Å². The average molecular weight is 293 g/mol. The Balaban J connectivity index is 2.38. The van der Waals surface area contributed by atoms with Crippen molar-refractivity contribution in [1.29, 1.82) is 0 Å². The van der Waals surface area contributed by atoms with Gasteiger partial charge in [0.05, 0.1) is 11.2 Å². The number of rotatable bonds is 2. The highest BCUT2D eigenvalue weighted by atomic mass is 35.5. The lowest BCUT2D eigenvalue weighted by Crippen LogP contribution is -2.48. The predicted molar refractivity (Wildman–Crippen MR) is 68.8 cm³/mol. The molecular weight excluding hydrogens is 276 g/mol. The maximum atomic E-state index is 12.5. The molecule has 1 saturated heterocycles. The molecule has 8 heteroatoms. The molecule has 0 bridgehead atoms. The van der Waals surface area contributed by atoms with E-state index in [4.69, 9.17) is 17.3 Å². The van der Waals surface area contributed by atoms with Crippen molar-refractivity contribution >= 4 is 21.6 Å². The van der Waals surface area contributed by atoms with Gasteiger partial charge >= 0.3 is 0 Å². The number of sulfonamides is 1. The van der Waals surface area contributed by atoms with E-state index in [1.54, 1.807) is 7.05 Å². The van der Waals surface area contributed by atoms with Gasteiger partial charge < -0.3 is 5.73 Å². The van der Waals surface area contributed by atoms with Crippen LogP contribution in [0.4, 0.5) is 0 Å². The summed E-state index contributed by atoms with van der Waals surface area (Å²) in [5, 5.41) is 4.07. The van der Waals surface area contributed by atoms with E-state index in [9.17, 15) is 8.42 Å². The van der Waals surface area contributed by atoms with Crippen molar-refractivity contribution in [2.45, 2.75) is 36.9 Å². The van der Waals surface area contributed by atoms with Crippen LogP contribution in [0.5, 0.6) is 0 Å². The van der Waals surface area contributed by atoms with Crippen molar-refractivity contribution < 1.29 is 8.42 Å². The van der Waals surface area contributed by atoms with E-state index >= 15 is 0 Å². The molecule has 2 rings (SSSR count). The molecular formula is C10H17ClN4O2S. The number of aryl methyl sites for hydroxylation is 1. The standard InChI is InChI=1S/C10H17ClN4O2S/c1-7-5-8(12)3-4-15(7)18(16,17)10-9(11)6-13-14(10)2/h6-8H,3-5,12H2,1-2H3. The smallest absolute Gasteiger partial charge is 0.261 e. The fourth-order valence-electron chi connectivity index (χ4n) is 2.34. The van der Waals surface area contributed by atoms with Gasteiger partial charge in [-0.3, -0.25) is 4.68 Å². The molecule has 0 aliphatic carbocycles. The number of halogens is 1. The van der Waals surface area contributed by atoms with Gasteiger partial charge in [-0.15, -0.1) is 0 Å². The second kappa shape index (κ2) is 4.80. The molecule has 0 spiro atoms. The van der Waals surface area contributed by atoms with Crippen molar-refractivity contribution in [3.05, 3.63) is 11.2 Å². The highest BCUT2D eigenvalue weighted by molar-refractivity contribution is 7.89. The van der Waals surface area contributed by atoms with Crippen LogP contribution in [0.2, 0.25) is 5.02 Å². The van der Waals surface area contributed by atoms with Crippen molar-refractivity contribution in [3.8, 4) is 0 Å². The molecule has 18 heavy (non-hydrogen) atoms. The highest BCUT2D eigenvalue weighted by Gasteiger charge is 2.36. The zero-order chi connectivity index (χ0) is 13.5. The SMILES string of the molecule is CC1CC(N)CCN1S(=O)(=O)c1c(Cl)cnn1C. The molecule has 2 unspecified atom stereocenters.